The third-order valence-electron chi connectivity index (χ3n) is 4.67. The number of benzene rings is 1. The van der Waals surface area contributed by atoms with Gasteiger partial charge < -0.3 is 4.74 Å². The zero-order chi connectivity index (χ0) is 15.9. The molecular formula is C16H19FO4S. The van der Waals surface area contributed by atoms with Crippen LogP contribution in [0, 0.1) is 11.7 Å². The number of halogens is 1. The lowest BCUT2D eigenvalue weighted by atomic mass is 9.90. The van der Waals surface area contributed by atoms with Gasteiger partial charge in [-0.2, -0.15) is 0 Å². The van der Waals surface area contributed by atoms with Crippen LogP contribution in [0.1, 0.15) is 43.0 Å². The van der Waals surface area contributed by atoms with Crippen LogP contribution in [0.3, 0.4) is 0 Å². The van der Waals surface area contributed by atoms with Gasteiger partial charge in [-0.05, 0) is 44.7 Å². The van der Waals surface area contributed by atoms with Crippen LogP contribution < -0.4 is 4.74 Å². The molecule has 22 heavy (non-hydrogen) atoms. The fourth-order valence-corrected chi connectivity index (χ4v) is 6.09. The van der Waals surface area contributed by atoms with E-state index >= 15 is 0 Å². The van der Waals surface area contributed by atoms with Crippen molar-refractivity contribution in [1.82, 2.24) is 0 Å². The SMILES string of the molecule is CCOc1cc(F)cc(C(=O)C2CC3CCC(C2)S3(=O)=O)c1. The van der Waals surface area contributed by atoms with E-state index in [0.29, 0.717) is 38.0 Å². The van der Waals surface area contributed by atoms with E-state index in [1.54, 1.807) is 13.0 Å². The second-order valence-electron chi connectivity index (χ2n) is 6.05. The van der Waals surface area contributed by atoms with Crippen LogP contribution in [-0.2, 0) is 9.84 Å². The summed E-state index contributed by atoms with van der Waals surface area (Å²) < 4.78 is 43.1. The van der Waals surface area contributed by atoms with E-state index in [-0.39, 0.29) is 17.3 Å². The molecule has 0 saturated carbocycles. The maximum absolute atomic E-state index is 13.6. The summed E-state index contributed by atoms with van der Waals surface area (Å²) in [6, 6.07) is 3.99. The van der Waals surface area contributed by atoms with Gasteiger partial charge in [-0.15, -0.1) is 0 Å². The van der Waals surface area contributed by atoms with Gasteiger partial charge in [0.15, 0.2) is 15.6 Å². The summed E-state index contributed by atoms with van der Waals surface area (Å²) in [6.45, 7) is 2.18. The van der Waals surface area contributed by atoms with Crippen molar-refractivity contribution in [3.63, 3.8) is 0 Å². The number of hydrogen-bond donors (Lipinski definition) is 0. The van der Waals surface area contributed by atoms with E-state index in [1.807, 2.05) is 0 Å². The molecule has 2 unspecified atom stereocenters. The molecule has 2 heterocycles. The van der Waals surface area contributed by atoms with Crippen molar-refractivity contribution in [3.8, 4) is 5.75 Å². The Balaban J connectivity index is 1.83. The summed E-state index contributed by atoms with van der Waals surface area (Å²) >= 11 is 0. The normalized spacial score (nSPS) is 29.3. The molecule has 0 aliphatic carbocycles. The van der Waals surface area contributed by atoms with Crippen LogP contribution in [0.25, 0.3) is 0 Å². The topological polar surface area (TPSA) is 60.4 Å². The number of ketones is 1. The van der Waals surface area contributed by atoms with Crippen LogP contribution in [0.15, 0.2) is 18.2 Å². The molecule has 2 saturated heterocycles. The third-order valence-corrected chi connectivity index (χ3v) is 7.39. The molecule has 6 heteroatoms. The highest BCUT2D eigenvalue weighted by Crippen LogP contribution is 2.42. The summed E-state index contributed by atoms with van der Waals surface area (Å²) in [5, 5.41) is -0.805. The summed E-state index contributed by atoms with van der Waals surface area (Å²) in [7, 11) is -3.05. The van der Waals surface area contributed by atoms with Gasteiger partial charge in [0.2, 0.25) is 0 Å². The van der Waals surface area contributed by atoms with Gasteiger partial charge in [-0.25, -0.2) is 12.8 Å². The summed E-state index contributed by atoms with van der Waals surface area (Å²) in [4.78, 5) is 12.6. The summed E-state index contributed by atoms with van der Waals surface area (Å²) in [5.74, 6) is -0.692. The molecule has 2 aliphatic rings. The molecule has 0 N–H and O–H groups in total. The van der Waals surface area contributed by atoms with Crippen LogP contribution in [-0.4, -0.2) is 31.3 Å². The van der Waals surface area contributed by atoms with Gasteiger partial charge in [0.1, 0.15) is 11.6 Å². The third kappa shape index (κ3) is 2.64. The average Bonchev–Trinajstić information content (AvgIpc) is 2.66. The zero-order valence-corrected chi connectivity index (χ0v) is 13.2. The predicted molar refractivity (Wildman–Crippen MR) is 80.4 cm³/mol. The molecule has 2 bridgehead atoms. The second-order valence-corrected chi connectivity index (χ2v) is 8.56. The first-order chi connectivity index (χ1) is 10.4. The van der Waals surface area contributed by atoms with Crippen molar-refractivity contribution >= 4 is 15.6 Å². The highest BCUT2D eigenvalue weighted by molar-refractivity contribution is 7.93. The zero-order valence-electron chi connectivity index (χ0n) is 12.4. The largest absolute Gasteiger partial charge is 0.494 e. The van der Waals surface area contributed by atoms with E-state index in [4.69, 9.17) is 4.74 Å². The van der Waals surface area contributed by atoms with Crippen molar-refractivity contribution in [2.24, 2.45) is 5.92 Å². The summed E-state index contributed by atoms with van der Waals surface area (Å²) in [6.07, 6.45) is 2.00. The number of sulfone groups is 1. The molecule has 1 aromatic carbocycles. The average molecular weight is 326 g/mol. The van der Waals surface area contributed by atoms with Gasteiger partial charge in [0.05, 0.1) is 17.1 Å². The lowest BCUT2D eigenvalue weighted by Gasteiger charge is -2.27. The number of rotatable bonds is 4. The molecule has 0 spiro atoms. The van der Waals surface area contributed by atoms with Crippen LogP contribution >= 0.6 is 0 Å². The first-order valence-electron chi connectivity index (χ1n) is 7.62. The fraction of sp³-hybridized carbons (Fsp3) is 0.562. The van der Waals surface area contributed by atoms with E-state index in [0.717, 1.165) is 0 Å². The molecular weight excluding hydrogens is 307 g/mol. The maximum Gasteiger partial charge on any atom is 0.166 e. The molecule has 3 rings (SSSR count). The Bertz CT molecular complexity index is 678. The Morgan fingerprint density at radius 2 is 1.86 bits per heavy atom. The highest BCUT2D eigenvalue weighted by atomic mass is 32.2. The number of Topliss-reactive ketones (excluding diaryl/α,β-unsaturated/α-hetero) is 1. The van der Waals surface area contributed by atoms with Crippen LogP contribution in [0.2, 0.25) is 0 Å². The van der Waals surface area contributed by atoms with Crippen molar-refractivity contribution in [2.45, 2.75) is 43.1 Å². The number of carbonyl (C=O) groups excluding carboxylic acids is 1. The number of carbonyl (C=O) groups is 1. The first-order valence-corrected chi connectivity index (χ1v) is 9.23. The molecule has 4 nitrogen and oxygen atoms in total. The molecule has 0 aromatic heterocycles. The molecule has 0 radical (unpaired) electrons. The van der Waals surface area contributed by atoms with Gasteiger partial charge in [0.25, 0.3) is 0 Å². The minimum Gasteiger partial charge on any atom is -0.494 e. The lowest BCUT2D eigenvalue weighted by molar-refractivity contribution is 0.0904. The van der Waals surface area contributed by atoms with E-state index in [1.165, 1.54) is 12.1 Å². The van der Waals surface area contributed by atoms with Crippen molar-refractivity contribution in [1.29, 1.82) is 0 Å². The van der Waals surface area contributed by atoms with Crippen molar-refractivity contribution < 1.29 is 22.3 Å². The Morgan fingerprint density at radius 3 is 2.45 bits per heavy atom. The van der Waals surface area contributed by atoms with Crippen molar-refractivity contribution in [3.05, 3.63) is 29.6 Å². The minimum absolute atomic E-state index is 0.174. The molecule has 120 valence electrons. The predicted octanol–water partition coefficient (Wildman–Crippen LogP) is 2.76. The Hall–Kier alpha value is -1.43. The smallest absolute Gasteiger partial charge is 0.166 e. The van der Waals surface area contributed by atoms with E-state index in [9.17, 15) is 17.6 Å². The molecule has 1 aromatic rings. The lowest BCUT2D eigenvalue weighted by Crippen LogP contribution is -2.36. The Kier molecular flexibility index (Phi) is 3.97. The molecule has 2 fully saturated rings. The van der Waals surface area contributed by atoms with Gasteiger partial charge in [0, 0.05) is 17.5 Å². The standard InChI is InChI=1S/C16H19FO4S/c1-2-21-13-6-10(5-12(17)9-13)16(18)11-7-14-3-4-15(8-11)22(14,19)20/h5-6,9,11,14-15H,2-4,7-8H2,1H3. The minimum atomic E-state index is -3.05. The number of ether oxygens (including phenoxy) is 1. The van der Waals surface area contributed by atoms with Gasteiger partial charge in [-0.1, -0.05) is 0 Å². The monoisotopic (exact) mass is 326 g/mol. The van der Waals surface area contributed by atoms with Crippen molar-refractivity contribution in [2.75, 3.05) is 6.61 Å². The number of fused-ring (bicyclic) bond motifs is 2. The number of hydrogen-bond acceptors (Lipinski definition) is 4. The van der Waals surface area contributed by atoms with Crippen LogP contribution in [0.4, 0.5) is 4.39 Å². The second kappa shape index (κ2) is 5.65. The molecule has 2 aliphatic heterocycles. The van der Waals surface area contributed by atoms with E-state index in [2.05, 4.69) is 0 Å². The Morgan fingerprint density at radius 1 is 1.23 bits per heavy atom. The van der Waals surface area contributed by atoms with Crippen LogP contribution in [0.5, 0.6) is 5.75 Å². The molecule has 2 atom stereocenters. The highest BCUT2D eigenvalue weighted by Gasteiger charge is 2.48. The maximum atomic E-state index is 13.6. The first kappa shape index (κ1) is 15.5. The molecule has 0 amide bonds. The van der Waals surface area contributed by atoms with Gasteiger partial charge >= 0.3 is 0 Å². The van der Waals surface area contributed by atoms with E-state index < -0.39 is 26.2 Å². The Labute approximate surface area is 129 Å². The quantitative estimate of drug-likeness (QED) is 0.798. The summed E-state index contributed by atoms with van der Waals surface area (Å²) in [5.41, 5.74) is 0.271. The van der Waals surface area contributed by atoms with Gasteiger partial charge in [-0.3, -0.25) is 4.79 Å². The fourth-order valence-electron chi connectivity index (χ4n) is 3.61.